The molecule has 28 heavy (non-hydrogen) atoms. The predicted octanol–water partition coefficient (Wildman–Crippen LogP) is 4.24. The van der Waals surface area contributed by atoms with Crippen LogP contribution in [0, 0.1) is 0 Å². The van der Waals surface area contributed by atoms with Gasteiger partial charge in [0.1, 0.15) is 9.96 Å². The first-order valence-electron chi connectivity index (χ1n) is 8.17. The van der Waals surface area contributed by atoms with Gasteiger partial charge >= 0.3 is 0 Å². The molecule has 0 unspecified atom stereocenters. The maximum absolute atomic E-state index is 12.5. The van der Waals surface area contributed by atoms with Crippen molar-refractivity contribution in [3.63, 3.8) is 0 Å². The average molecular weight is 437 g/mol. The molecule has 3 aromatic rings. The Morgan fingerprint density at radius 1 is 1.11 bits per heavy atom. The van der Waals surface area contributed by atoms with E-state index >= 15 is 0 Å². The second-order valence-corrected chi connectivity index (χ2v) is 9.27. The highest BCUT2D eigenvalue weighted by molar-refractivity contribution is 7.94. The van der Waals surface area contributed by atoms with Crippen molar-refractivity contribution in [1.82, 2.24) is 0 Å². The van der Waals surface area contributed by atoms with Gasteiger partial charge in [0.15, 0.2) is 6.61 Å². The van der Waals surface area contributed by atoms with Crippen molar-refractivity contribution in [2.75, 3.05) is 23.3 Å². The number of carbonyl (C=O) groups excluding carboxylic acids is 1. The summed E-state index contributed by atoms with van der Waals surface area (Å²) < 4.78 is 32.0. The van der Waals surface area contributed by atoms with E-state index in [0.29, 0.717) is 22.1 Å². The van der Waals surface area contributed by atoms with Crippen molar-refractivity contribution in [3.8, 4) is 5.75 Å². The fourth-order valence-electron chi connectivity index (χ4n) is 2.33. The van der Waals surface area contributed by atoms with Gasteiger partial charge in [0.05, 0.1) is 16.4 Å². The maximum atomic E-state index is 12.5. The first-order chi connectivity index (χ1) is 13.4. The molecule has 3 rings (SSSR count). The van der Waals surface area contributed by atoms with Crippen molar-refractivity contribution in [2.45, 2.75) is 4.21 Å². The van der Waals surface area contributed by atoms with Gasteiger partial charge in [-0.05, 0) is 47.8 Å². The van der Waals surface area contributed by atoms with Crippen LogP contribution in [0.25, 0.3) is 0 Å². The van der Waals surface area contributed by atoms with Crippen molar-refractivity contribution in [3.05, 3.63) is 71.1 Å². The summed E-state index contributed by atoms with van der Waals surface area (Å²) in [6.07, 6.45) is 0. The van der Waals surface area contributed by atoms with E-state index in [2.05, 4.69) is 5.32 Å². The van der Waals surface area contributed by atoms with E-state index in [1.54, 1.807) is 66.0 Å². The van der Waals surface area contributed by atoms with Gasteiger partial charge in [-0.3, -0.25) is 9.10 Å². The summed E-state index contributed by atoms with van der Waals surface area (Å²) in [7, 11) is -2.10. The lowest BCUT2D eigenvalue weighted by Gasteiger charge is -2.18. The molecule has 1 N–H and O–H groups in total. The summed E-state index contributed by atoms with van der Waals surface area (Å²) in [6.45, 7) is -0.200. The number of nitrogens with one attached hydrogen (secondary N) is 1. The second-order valence-electron chi connectivity index (χ2n) is 5.72. The molecule has 0 radical (unpaired) electrons. The molecular weight excluding hydrogens is 420 g/mol. The molecule has 6 nitrogen and oxygen atoms in total. The van der Waals surface area contributed by atoms with Gasteiger partial charge in [-0.1, -0.05) is 29.8 Å². The van der Waals surface area contributed by atoms with E-state index in [4.69, 9.17) is 16.3 Å². The summed E-state index contributed by atoms with van der Waals surface area (Å²) in [5.41, 5.74) is 0.995. The average Bonchev–Trinajstić information content (AvgIpc) is 3.24. The number of benzene rings is 2. The van der Waals surface area contributed by atoms with Crippen LogP contribution >= 0.6 is 22.9 Å². The lowest BCUT2D eigenvalue weighted by atomic mass is 10.3. The maximum Gasteiger partial charge on any atom is 0.273 e. The van der Waals surface area contributed by atoms with Crippen LogP contribution in [0.15, 0.2) is 70.3 Å². The van der Waals surface area contributed by atoms with Gasteiger partial charge in [-0.2, -0.15) is 0 Å². The summed E-state index contributed by atoms with van der Waals surface area (Å²) in [6, 6.07) is 16.6. The molecule has 9 heteroatoms. The zero-order valence-corrected chi connectivity index (χ0v) is 17.2. The molecule has 1 heterocycles. The van der Waals surface area contributed by atoms with E-state index in [9.17, 15) is 13.2 Å². The van der Waals surface area contributed by atoms with Gasteiger partial charge in [-0.25, -0.2) is 8.42 Å². The lowest BCUT2D eigenvalue weighted by molar-refractivity contribution is -0.118. The van der Waals surface area contributed by atoms with Gasteiger partial charge in [0.25, 0.3) is 15.9 Å². The number of anilines is 2. The smallest absolute Gasteiger partial charge is 0.273 e. The third-order valence-corrected chi connectivity index (χ3v) is 7.32. The first-order valence-corrected chi connectivity index (χ1v) is 10.9. The molecule has 0 bridgehead atoms. The number of nitrogens with zero attached hydrogens (tertiary/aromatic N) is 1. The van der Waals surface area contributed by atoms with Crippen LogP contribution in [0.4, 0.5) is 11.4 Å². The number of ether oxygens (including phenoxy) is 1. The van der Waals surface area contributed by atoms with Gasteiger partial charge in [-0.15, -0.1) is 11.3 Å². The first kappa shape index (κ1) is 20.2. The largest absolute Gasteiger partial charge is 0.484 e. The minimum absolute atomic E-state index is 0.200. The number of hydrogen-bond donors (Lipinski definition) is 1. The van der Waals surface area contributed by atoms with Crippen molar-refractivity contribution < 1.29 is 17.9 Å². The Bertz CT molecular complexity index is 1050. The summed E-state index contributed by atoms with van der Waals surface area (Å²) in [4.78, 5) is 12.0. The number of rotatable bonds is 7. The van der Waals surface area contributed by atoms with Crippen LogP contribution in [0.1, 0.15) is 0 Å². The molecule has 0 spiro atoms. The Hall–Kier alpha value is -2.55. The van der Waals surface area contributed by atoms with Crippen LogP contribution in [0.5, 0.6) is 5.75 Å². The number of para-hydroxylation sites is 1. The minimum atomic E-state index is -3.59. The summed E-state index contributed by atoms with van der Waals surface area (Å²) >= 11 is 7.16. The highest BCUT2D eigenvalue weighted by atomic mass is 35.5. The van der Waals surface area contributed by atoms with Crippen molar-refractivity contribution in [2.24, 2.45) is 0 Å². The molecule has 0 atom stereocenters. The highest BCUT2D eigenvalue weighted by Crippen LogP contribution is 2.26. The van der Waals surface area contributed by atoms with E-state index in [-0.39, 0.29) is 16.7 Å². The zero-order valence-electron chi connectivity index (χ0n) is 14.8. The van der Waals surface area contributed by atoms with Crippen molar-refractivity contribution >= 4 is 50.2 Å². The Labute approximate surface area is 172 Å². The molecular formula is C19H17ClN2O4S2. The molecule has 1 amide bonds. The monoisotopic (exact) mass is 436 g/mol. The van der Waals surface area contributed by atoms with Crippen LogP contribution in [-0.4, -0.2) is 28.0 Å². The Kier molecular flexibility index (Phi) is 6.23. The Morgan fingerprint density at radius 2 is 1.82 bits per heavy atom. The third-order valence-electron chi connectivity index (χ3n) is 3.83. The Balaban J connectivity index is 1.60. The SMILES string of the molecule is CN(c1ccc(OCC(=O)Nc2ccccc2Cl)cc1)S(=O)(=O)c1cccs1. The minimum Gasteiger partial charge on any atom is -0.484 e. The number of hydrogen-bond acceptors (Lipinski definition) is 5. The molecule has 2 aromatic carbocycles. The van der Waals surface area contributed by atoms with E-state index in [1.807, 2.05) is 0 Å². The fraction of sp³-hybridized carbons (Fsp3) is 0.105. The molecule has 0 fully saturated rings. The van der Waals surface area contributed by atoms with E-state index in [0.717, 1.165) is 11.3 Å². The number of thiophene rings is 1. The predicted molar refractivity (Wildman–Crippen MR) is 112 cm³/mol. The molecule has 0 aliphatic carbocycles. The molecule has 0 aliphatic rings. The molecule has 0 saturated carbocycles. The molecule has 1 aromatic heterocycles. The highest BCUT2D eigenvalue weighted by Gasteiger charge is 2.22. The van der Waals surface area contributed by atoms with E-state index < -0.39 is 10.0 Å². The standard InChI is InChI=1S/C19H17ClN2O4S2/c1-22(28(24,25)19-7-4-12-27-19)14-8-10-15(11-9-14)26-13-18(23)21-17-6-3-2-5-16(17)20/h2-12H,13H2,1H3,(H,21,23). The number of halogens is 1. The quantitative estimate of drug-likeness (QED) is 0.600. The van der Waals surface area contributed by atoms with E-state index in [1.165, 1.54) is 11.4 Å². The van der Waals surface area contributed by atoms with Gasteiger partial charge < -0.3 is 10.1 Å². The second kappa shape index (κ2) is 8.64. The van der Waals surface area contributed by atoms with Crippen LogP contribution in [0.2, 0.25) is 5.02 Å². The normalized spacial score (nSPS) is 11.1. The van der Waals surface area contributed by atoms with Gasteiger partial charge in [0.2, 0.25) is 0 Å². The third kappa shape index (κ3) is 4.64. The van der Waals surface area contributed by atoms with Crippen LogP contribution in [-0.2, 0) is 14.8 Å². The number of carbonyl (C=O) groups is 1. The van der Waals surface area contributed by atoms with Gasteiger partial charge in [0, 0.05) is 7.05 Å². The van der Waals surface area contributed by atoms with Crippen LogP contribution < -0.4 is 14.4 Å². The lowest BCUT2D eigenvalue weighted by Crippen LogP contribution is -2.25. The summed E-state index contributed by atoms with van der Waals surface area (Å²) in [5.74, 6) is 0.0922. The molecule has 0 saturated heterocycles. The zero-order chi connectivity index (χ0) is 20.1. The topological polar surface area (TPSA) is 75.7 Å². The van der Waals surface area contributed by atoms with Crippen LogP contribution in [0.3, 0.4) is 0 Å². The van der Waals surface area contributed by atoms with Crippen molar-refractivity contribution in [1.29, 1.82) is 0 Å². The number of amides is 1. The Morgan fingerprint density at radius 3 is 2.46 bits per heavy atom. The fourth-order valence-corrected chi connectivity index (χ4v) is 4.87. The summed E-state index contributed by atoms with van der Waals surface area (Å²) in [5, 5.41) is 4.82. The molecule has 146 valence electrons. The molecule has 0 aliphatic heterocycles. The number of sulfonamides is 1.